The number of aryl methyl sites for hydroxylation is 1. The molecule has 0 spiro atoms. The molecule has 1 unspecified atom stereocenters. The molecule has 12 heteroatoms. The van der Waals surface area contributed by atoms with Crippen molar-refractivity contribution in [2.24, 2.45) is 0 Å². The predicted octanol–water partition coefficient (Wildman–Crippen LogP) is 3.17. The van der Waals surface area contributed by atoms with Gasteiger partial charge in [-0.25, -0.2) is 16.8 Å². The molecule has 1 amide bonds. The van der Waals surface area contributed by atoms with Crippen LogP contribution in [0.15, 0.2) is 47.4 Å². The third-order valence-electron chi connectivity index (χ3n) is 5.94. The van der Waals surface area contributed by atoms with Gasteiger partial charge in [-0.2, -0.15) is 4.31 Å². The molecule has 0 radical (unpaired) electrons. The van der Waals surface area contributed by atoms with Gasteiger partial charge in [0.2, 0.25) is 26.0 Å². The number of nitrogens with one attached hydrogen (secondary N) is 1. The summed E-state index contributed by atoms with van der Waals surface area (Å²) >= 11 is 6.19. The first-order valence-electron chi connectivity index (χ1n) is 11.7. The molecule has 9 nitrogen and oxygen atoms in total. The molecule has 0 aromatic heterocycles. The van der Waals surface area contributed by atoms with Crippen LogP contribution >= 0.6 is 11.6 Å². The van der Waals surface area contributed by atoms with Gasteiger partial charge < -0.3 is 10.1 Å². The van der Waals surface area contributed by atoms with Crippen LogP contribution in [-0.2, 0) is 24.8 Å². The summed E-state index contributed by atoms with van der Waals surface area (Å²) in [5, 5.41) is 3.13. The molecule has 1 heterocycles. The van der Waals surface area contributed by atoms with Crippen molar-refractivity contribution in [3.05, 3.63) is 53.1 Å². The van der Waals surface area contributed by atoms with Crippen LogP contribution in [0.5, 0.6) is 5.75 Å². The summed E-state index contributed by atoms with van der Waals surface area (Å²) in [5.74, 6) is -0.000927. The summed E-state index contributed by atoms with van der Waals surface area (Å²) in [6.07, 6.45) is 3.03. The van der Waals surface area contributed by atoms with E-state index < -0.39 is 32.0 Å². The maximum absolute atomic E-state index is 12.9. The first kappa shape index (κ1) is 28.2. The lowest BCUT2D eigenvalue weighted by molar-refractivity contribution is -0.122. The van der Waals surface area contributed by atoms with Gasteiger partial charge in [-0.15, -0.1) is 0 Å². The molecule has 2 aromatic carbocycles. The molecule has 1 N–H and O–H groups in total. The molecule has 1 aliphatic rings. The van der Waals surface area contributed by atoms with Gasteiger partial charge in [0.05, 0.1) is 23.4 Å². The highest BCUT2D eigenvalue weighted by Gasteiger charge is 2.31. The first-order chi connectivity index (χ1) is 16.9. The predicted molar refractivity (Wildman–Crippen MR) is 141 cm³/mol. The van der Waals surface area contributed by atoms with Gasteiger partial charge in [-0.05, 0) is 68.1 Å². The lowest BCUT2D eigenvalue weighted by Crippen LogP contribution is -2.50. The fourth-order valence-electron chi connectivity index (χ4n) is 4.03. The molecule has 1 fully saturated rings. The summed E-state index contributed by atoms with van der Waals surface area (Å²) < 4.78 is 58.6. The van der Waals surface area contributed by atoms with Crippen LogP contribution in [0.3, 0.4) is 0 Å². The molecular weight excluding hydrogens is 526 g/mol. The minimum Gasteiger partial charge on any atom is -0.492 e. The molecule has 0 bridgehead atoms. The number of rotatable bonds is 11. The maximum atomic E-state index is 12.9. The van der Waals surface area contributed by atoms with E-state index in [0.717, 1.165) is 29.0 Å². The Morgan fingerprint density at radius 3 is 2.31 bits per heavy atom. The topological polar surface area (TPSA) is 113 Å². The molecule has 0 saturated carbocycles. The Kier molecular flexibility index (Phi) is 9.26. The molecule has 2 aromatic rings. The average Bonchev–Trinajstić information content (AvgIpc) is 3.37. The highest BCUT2D eigenvalue weighted by Crippen LogP contribution is 2.28. The van der Waals surface area contributed by atoms with Crippen molar-refractivity contribution < 1.29 is 26.4 Å². The number of carbonyl (C=O) groups excluding carboxylic acids is 1. The summed E-state index contributed by atoms with van der Waals surface area (Å²) in [5.41, 5.74) is 1.11. The van der Waals surface area contributed by atoms with Gasteiger partial charge in [0.15, 0.2) is 0 Å². The van der Waals surface area contributed by atoms with Gasteiger partial charge in [0, 0.05) is 18.1 Å². The molecule has 198 valence electrons. The fourth-order valence-corrected chi connectivity index (χ4v) is 6.92. The number of carbonyl (C=O) groups is 1. The zero-order valence-corrected chi connectivity index (χ0v) is 23.0. The van der Waals surface area contributed by atoms with E-state index in [1.807, 2.05) is 0 Å². The van der Waals surface area contributed by atoms with Gasteiger partial charge >= 0.3 is 0 Å². The molecule has 1 aliphatic heterocycles. The van der Waals surface area contributed by atoms with Crippen molar-refractivity contribution in [2.75, 3.05) is 36.8 Å². The fraction of sp³-hybridized carbons (Fsp3) is 0.458. The van der Waals surface area contributed by atoms with E-state index in [-0.39, 0.29) is 24.5 Å². The van der Waals surface area contributed by atoms with Crippen molar-refractivity contribution in [3.8, 4) is 5.75 Å². The maximum Gasteiger partial charge on any atom is 0.244 e. The van der Waals surface area contributed by atoms with E-state index >= 15 is 0 Å². The Balaban J connectivity index is 1.59. The SMILES string of the molecule is CCC(C(=O)NCCOc1ccc(S(=O)(=O)N2CCCC2)cc1)N(c1ccc(C)c(Cl)c1)S(C)(=O)=O. The Labute approximate surface area is 218 Å². The van der Waals surface area contributed by atoms with Crippen LogP contribution in [0.1, 0.15) is 31.7 Å². The van der Waals surface area contributed by atoms with E-state index in [9.17, 15) is 21.6 Å². The third kappa shape index (κ3) is 6.70. The van der Waals surface area contributed by atoms with Crippen LogP contribution in [-0.4, -0.2) is 65.6 Å². The van der Waals surface area contributed by atoms with Crippen LogP contribution in [0.2, 0.25) is 5.02 Å². The molecule has 1 saturated heterocycles. The Morgan fingerprint density at radius 2 is 1.75 bits per heavy atom. The van der Waals surface area contributed by atoms with Crippen LogP contribution in [0.4, 0.5) is 5.69 Å². The number of ether oxygens (including phenoxy) is 1. The molecule has 1 atom stereocenters. The Morgan fingerprint density at radius 1 is 1.11 bits per heavy atom. The van der Waals surface area contributed by atoms with E-state index in [0.29, 0.717) is 29.5 Å². The zero-order valence-electron chi connectivity index (χ0n) is 20.6. The normalized spacial score (nSPS) is 15.4. The standard InChI is InChI=1S/C24H32ClN3O6S2/c1-4-23(28(35(3,30)31)19-8-7-18(2)22(25)17-19)24(29)26-13-16-34-20-9-11-21(12-10-20)36(32,33)27-14-5-6-15-27/h7-12,17,23H,4-6,13-16H2,1-3H3,(H,26,29). The van der Waals surface area contributed by atoms with E-state index in [1.165, 1.54) is 22.5 Å². The van der Waals surface area contributed by atoms with E-state index in [1.54, 1.807) is 38.1 Å². The quantitative estimate of drug-likeness (QED) is 0.425. The van der Waals surface area contributed by atoms with Crippen LogP contribution in [0, 0.1) is 6.92 Å². The molecular formula is C24H32ClN3O6S2. The van der Waals surface area contributed by atoms with Crippen molar-refractivity contribution in [1.82, 2.24) is 9.62 Å². The number of anilines is 1. The van der Waals surface area contributed by atoms with Crippen molar-refractivity contribution in [2.45, 2.75) is 44.0 Å². The van der Waals surface area contributed by atoms with E-state index in [2.05, 4.69) is 5.32 Å². The second kappa shape index (κ2) is 11.8. The Bertz CT molecular complexity index is 1280. The van der Waals surface area contributed by atoms with Crippen molar-refractivity contribution >= 4 is 43.2 Å². The minimum absolute atomic E-state index is 0.121. The van der Waals surface area contributed by atoms with Gasteiger partial charge in [0.1, 0.15) is 18.4 Å². The number of amides is 1. The number of benzene rings is 2. The lowest BCUT2D eigenvalue weighted by atomic mass is 10.1. The first-order valence-corrected chi connectivity index (χ1v) is 15.4. The number of halogens is 1. The van der Waals surface area contributed by atoms with Gasteiger partial charge in [-0.3, -0.25) is 9.10 Å². The summed E-state index contributed by atoms with van der Waals surface area (Å²) in [7, 11) is -7.26. The average molecular weight is 558 g/mol. The minimum atomic E-state index is -3.77. The number of hydrogen-bond acceptors (Lipinski definition) is 6. The second-order valence-electron chi connectivity index (χ2n) is 8.64. The molecule has 36 heavy (non-hydrogen) atoms. The Hall–Kier alpha value is -2.34. The summed E-state index contributed by atoms with van der Waals surface area (Å²) in [4.78, 5) is 13.1. The second-order valence-corrected chi connectivity index (χ2v) is 12.8. The summed E-state index contributed by atoms with van der Waals surface area (Å²) in [6, 6.07) is 10.1. The molecule has 3 rings (SSSR count). The smallest absolute Gasteiger partial charge is 0.244 e. The van der Waals surface area contributed by atoms with Gasteiger partial charge in [-0.1, -0.05) is 24.6 Å². The molecule has 0 aliphatic carbocycles. The monoisotopic (exact) mass is 557 g/mol. The largest absolute Gasteiger partial charge is 0.492 e. The van der Waals surface area contributed by atoms with Crippen molar-refractivity contribution in [1.29, 1.82) is 0 Å². The van der Waals surface area contributed by atoms with Crippen molar-refractivity contribution in [3.63, 3.8) is 0 Å². The highest BCUT2D eigenvalue weighted by atomic mass is 35.5. The van der Waals surface area contributed by atoms with Crippen LogP contribution < -0.4 is 14.4 Å². The summed E-state index contributed by atoms with van der Waals surface area (Å²) in [6.45, 7) is 4.86. The number of hydrogen-bond donors (Lipinski definition) is 1. The third-order valence-corrected chi connectivity index (χ3v) is 9.44. The zero-order chi connectivity index (χ0) is 26.5. The number of sulfonamides is 2. The van der Waals surface area contributed by atoms with Crippen LogP contribution in [0.25, 0.3) is 0 Å². The highest BCUT2D eigenvalue weighted by molar-refractivity contribution is 7.92. The number of nitrogens with zero attached hydrogens (tertiary/aromatic N) is 2. The van der Waals surface area contributed by atoms with Gasteiger partial charge in [0.25, 0.3) is 0 Å². The lowest BCUT2D eigenvalue weighted by Gasteiger charge is -2.30. The van der Waals surface area contributed by atoms with E-state index in [4.69, 9.17) is 16.3 Å².